The molecule has 0 aliphatic heterocycles. The van der Waals surface area contributed by atoms with Crippen LogP contribution in [0.5, 0.6) is 0 Å². The summed E-state index contributed by atoms with van der Waals surface area (Å²) >= 11 is 0. The number of phosphoric ester groups is 1. The van der Waals surface area contributed by atoms with Gasteiger partial charge in [-0.3, -0.25) is 13.8 Å². The van der Waals surface area contributed by atoms with Gasteiger partial charge in [0.05, 0.1) is 25.4 Å². The Kier molecular flexibility index (Phi) is 35.5. The molecule has 0 radical (unpaired) electrons. The Bertz CT molecular complexity index is 769. The number of unbranched alkanes of at least 4 members (excludes halogenated alkanes) is 26. The second-order valence-electron chi connectivity index (χ2n) is 13.9. The minimum Gasteiger partial charge on any atom is -0.387 e. The maximum Gasteiger partial charge on any atom is 0.472 e. The van der Waals surface area contributed by atoms with Crippen molar-refractivity contribution in [3.8, 4) is 0 Å². The van der Waals surface area contributed by atoms with Crippen molar-refractivity contribution >= 4 is 13.7 Å². The average Bonchev–Trinajstić information content (AvgIpc) is 3.07. The van der Waals surface area contributed by atoms with Crippen LogP contribution in [0.4, 0.5) is 0 Å². The van der Waals surface area contributed by atoms with Crippen LogP contribution in [0.15, 0.2) is 12.2 Å². The lowest BCUT2D eigenvalue weighted by Gasteiger charge is -2.23. The van der Waals surface area contributed by atoms with Gasteiger partial charge in [0.15, 0.2) is 0 Å². The molecule has 0 rings (SSSR count). The van der Waals surface area contributed by atoms with Gasteiger partial charge in [0, 0.05) is 13.0 Å². The molecule has 0 aromatic carbocycles. The van der Waals surface area contributed by atoms with Crippen molar-refractivity contribution in [2.24, 2.45) is 5.73 Å². The molecule has 0 heterocycles. The highest BCUT2D eigenvalue weighted by Gasteiger charge is 2.26. The first-order chi connectivity index (χ1) is 23.4. The standard InChI is InChI=1S/C39H79N2O6P/c1-3-5-7-9-11-13-14-15-16-17-18-19-20-21-22-23-25-27-29-31-33-39(43)41-37(36-47-48(44,45)46-35-34-40)38(42)32-30-28-26-24-12-10-8-6-4-2/h30,32,37-38,42H,3-29,31,33-36,40H2,1-2H3,(H,41,43)(H,44,45)/b32-30+/t37-,38+/m0/s1. The van der Waals surface area contributed by atoms with Gasteiger partial charge in [-0.2, -0.15) is 0 Å². The van der Waals surface area contributed by atoms with Gasteiger partial charge in [0.2, 0.25) is 5.91 Å². The zero-order valence-electron chi connectivity index (χ0n) is 31.5. The monoisotopic (exact) mass is 703 g/mol. The molecule has 0 spiro atoms. The Morgan fingerprint density at radius 2 is 1.06 bits per heavy atom. The third-order valence-electron chi connectivity index (χ3n) is 9.11. The van der Waals surface area contributed by atoms with Crippen LogP contribution in [-0.4, -0.2) is 47.8 Å². The molecular weight excluding hydrogens is 623 g/mol. The van der Waals surface area contributed by atoms with Crippen molar-refractivity contribution in [2.75, 3.05) is 19.8 Å². The number of hydrogen-bond acceptors (Lipinski definition) is 6. The van der Waals surface area contributed by atoms with E-state index in [-0.39, 0.29) is 25.7 Å². The van der Waals surface area contributed by atoms with E-state index in [1.807, 2.05) is 6.08 Å². The smallest absolute Gasteiger partial charge is 0.387 e. The Morgan fingerprint density at radius 3 is 1.48 bits per heavy atom. The summed E-state index contributed by atoms with van der Waals surface area (Å²) in [7, 11) is -4.32. The van der Waals surface area contributed by atoms with Gasteiger partial charge in [-0.1, -0.05) is 187 Å². The van der Waals surface area contributed by atoms with Crippen LogP contribution in [0.3, 0.4) is 0 Å². The van der Waals surface area contributed by atoms with E-state index in [1.165, 1.54) is 141 Å². The molecule has 0 bridgehead atoms. The first-order valence-electron chi connectivity index (χ1n) is 20.3. The zero-order chi connectivity index (χ0) is 35.4. The number of aliphatic hydroxyl groups is 1. The van der Waals surface area contributed by atoms with Gasteiger partial charge < -0.3 is 21.1 Å². The number of hydrogen-bond donors (Lipinski definition) is 4. The number of amides is 1. The number of phosphoric acid groups is 1. The van der Waals surface area contributed by atoms with E-state index in [2.05, 4.69) is 19.2 Å². The van der Waals surface area contributed by atoms with E-state index in [1.54, 1.807) is 6.08 Å². The molecule has 8 nitrogen and oxygen atoms in total. The summed E-state index contributed by atoms with van der Waals surface area (Å²) in [5.41, 5.74) is 5.35. The van der Waals surface area contributed by atoms with Gasteiger partial charge in [0.1, 0.15) is 0 Å². The van der Waals surface area contributed by atoms with Crippen molar-refractivity contribution in [2.45, 2.75) is 212 Å². The molecule has 1 unspecified atom stereocenters. The summed E-state index contributed by atoms with van der Waals surface area (Å²) in [6.45, 7) is 4.11. The van der Waals surface area contributed by atoms with Crippen LogP contribution in [0.1, 0.15) is 200 Å². The van der Waals surface area contributed by atoms with Gasteiger partial charge in [-0.25, -0.2) is 4.57 Å². The lowest BCUT2D eigenvalue weighted by molar-refractivity contribution is -0.123. The summed E-state index contributed by atoms with van der Waals surface area (Å²) in [4.78, 5) is 22.6. The highest BCUT2D eigenvalue weighted by Crippen LogP contribution is 2.43. The number of allylic oxidation sites excluding steroid dienone is 1. The van der Waals surface area contributed by atoms with Crippen molar-refractivity contribution in [3.05, 3.63) is 12.2 Å². The maximum atomic E-state index is 12.7. The van der Waals surface area contributed by atoms with E-state index in [0.717, 1.165) is 38.5 Å². The Labute approximate surface area is 296 Å². The van der Waals surface area contributed by atoms with E-state index >= 15 is 0 Å². The molecule has 0 aromatic heterocycles. The second-order valence-corrected chi connectivity index (χ2v) is 15.3. The number of aliphatic hydroxyl groups excluding tert-OH is 1. The lowest BCUT2D eigenvalue weighted by Crippen LogP contribution is -2.45. The summed E-state index contributed by atoms with van der Waals surface area (Å²) in [5.74, 6) is -0.193. The third kappa shape index (κ3) is 33.7. The molecule has 0 aliphatic rings. The lowest BCUT2D eigenvalue weighted by atomic mass is 10.0. The molecule has 286 valence electrons. The number of carbonyl (C=O) groups excluding carboxylic acids is 1. The predicted molar refractivity (Wildman–Crippen MR) is 203 cm³/mol. The first-order valence-corrected chi connectivity index (χ1v) is 21.8. The number of carbonyl (C=O) groups is 1. The SMILES string of the molecule is CCCCCCCCC/C=C/[C@@H](O)[C@H](COP(=O)(O)OCCN)NC(=O)CCCCCCCCCCCCCCCCCCCCCC. The summed E-state index contributed by atoms with van der Waals surface area (Å²) < 4.78 is 22.0. The normalized spacial score (nSPS) is 14.4. The fourth-order valence-corrected chi connectivity index (χ4v) is 6.77. The fourth-order valence-electron chi connectivity index (χ4n) is 6.01. The van der Waals surface area contributed by atoms with Gasteiger partial charge in [-0.15, -0.1) is 0 Å². The van der Waals surface area contributed by atoms with Crippen LogP contribution in [0, 0.1) is 0 Å². The van der Waals surface area contributed by atoms with Crippen LogP contribution < -0.4 is 11.1 Å². The Morgan fingerprint density at radius 1 is 0.667 bits per heavy atom. The summed E-state index contributed by atoms with van der Waals surface area (Å²) in [5, 5.41) is 13.6. The van der Waals surface area contributed by atoms with E-state index in [9.17, 15) is 19.4 Å². The molecule has 9 heteroatoms. The number of nitrogens with one attached hydrogen (secondary N) is 1. The zero-order valence-corrected chi connectivity index (χ0v) is 32.4. The van der Waals surface area contributed by atoms with E-state index in [4.69, 9.17) is 14.8 Å². The highest BCUT2D eigenvalue weighted by molar-refractivity contribution is 7.47. The summed E-state index contributed by atoms with van der Waals surface area (Å²) in [6.07, 6.45) is 38.4. The largest absolute Gasteiger partial charge is 0.472 e. The number of nitrogens with two attached hydrogens (primary N) is 1. The van der Waals surface area contributed by atoms with Crippen LogP contribution in [0.2, 0.25) is 0 Å². The first kappa shape index (κ1) is 47.2. The van der Waals surface area contributed by atoms with E-state index < -0.39 is 20.0 Å². The molecule has 3 atom stereocenters. The van der Waals surface area contributed by atoms with Crippen LogP contribution in [-0.2, 0) is 18.4 Å². The minimum atomic E-state index is -4.32. The average molecular weight is 703 g/mol. The maximum absolute atomic E-state index is 12.7. The van der Waals surface area contributed by atoms with Gasteiger partial charge in [-0.05, 0) is 19.3 Å². The topological polar surface area (TPSA) is 131 Å². The molecular formula is C39H79N2O6P. The van der Waals surface area contributed by atoms with Gasteiger partial charge >= 0.3 is 7.82 Å². The molecule has 48 heavy (non-hydrogen) atoms. The minimum absolute atomic E-state index is 0.0809. The van der Waals surface area contributed by atoms with E-state index in [0.29, 0.717) is 6.42 Å². The Balaban J connectivity index is 4.08. The van der Waals surface area contributed by atoms with Crippen molar-refractivity contribution in [1.82, 2.24) is 5.32 Å². The van der Waals surface area contributed by atoms with Crippen molar-refractivity contribution < 1.29 is 28.4 Å². The quantitative estimate of drug-likeness (QED) is 0.0286. The fraction of sp³-hybridized carbons (Fsp3) is 0.923. The second kappa shape index (κ2) is 36.0. The Hall–Kier alpha value is -0.760. The molecule has 5 N–H and O–H groups in total. The molecule has 0 saturated heterocycles. The van der Waals surface area contributed by atoms with Crippen molar-refractivity contribution in [3.63, 3.8) is 0 Å². The van der Waals surface area contributed by atoms with Crippen LogP contribution >= 0.6 is 7.82 Å². The molecule has 0 saturated carbocycles. The molecule has 1 amide bonds. The highest BCUT2D eigenvalue weighted by atomic mass is 31.2. The number of rotatable bonds is 38. The molecule has 0 fully saturated rings. The summed E-state index contributed by atoms with van der Waals surface area (Å²) in [6, 6.07) is -0.852. The third-order valence-corrected chi connectivity index (χ3v) is 10.1. The predicted octanol–water partition coefficient (Wildman–Crippen LogP) is 10.8. The van der Waals surface area contributed by atoms with Gasteiger partial charge in [0.25, 0.3) is 0 Å². The molecule has 0 aliphatic carbocycles. The van der Waals surface area contributed by atoms with Crippen LogP contribution in [0.25, 0.3) is 0 Å². The van der Waals surface area contributed by atoms with Crippen molar-refractivity contribution in [1.29, 1.82) is 0 Å². The molecule has 0 aromatic rings.